The van der Waals surface area contributed by atoms with Crippen LogP contribution in [0.3, 0.4) is 0 Å². The third-order valence-electron chi connectivity index (χ3n) is 5.79. The highest BCUT2D eigenvalue weighted by Crippen LogP contribution is 2.41. The number of nitrogens with zero attached hydrogens (tertiary/aromatic N) is 4. The summed E-state index contributed by atoms with van der Waals surface area (Å²) in [6.45, 7) is 2.32. The third kappa shape index (κ3) is 4.09. The van der Waals surface area contributed by atoms with Gasteiger partial charge in [0, 0.05) is 25.5 Å². The average Bonchev–Trinajstić information content (AvgIpc) is 3.41. The van der Waals surface area contributed by atoms with Crippen molar-refractivity contribution in [2.45, 2.75) is 31.5 Å². The Bertz CT molecular complexity index is 1020. The van der Waals surface area contributed by atoms with Crippen LogP contribution < -0.4 is 5.56 Å². The summed E-state index contributed by atoms with van der Waals surface area (Å²) in [6.07, 6.45) is 5.10. The van der Waals surface area contributed by atoms with Crippen LogP contribution in [0.2, 0.25) is 0 Å². The van der Waals surface area contributed by atoms with Crippen molar-refractivity contribution < 1.29 is 15.0 Å². The van der Waals surface area contributed by atoms with E-state index in [1.54, 1.807) is 6.20 Å². The van der Waals surface area contributed by atoms with Gasteiger partial charge in [-0.15, -0.1) is 11.3 Å². The van der Waals surface area contributed by atoms with Gasteiger partial charge >= 0.3 is 0 Å². The van der Waals surface area contributed by atoms with Gasteiger partial charge in [-0.3, -0.25) is 19.2 Å². The van der Waals surface area contributed by atoms with Crippen molar-refractivity contribution in [3.05, 3.63) is 46.1 Å². The highest BCUT2D eigenvalue weighted by Gasteiger charge is 2.42. The fourth-order valence-corrected chi connectivity index (χ4v) is 5.33. The van der Waals surface area contributed by atoms with E-state index in [-0.39, 0.29) is 24.2 Å². The van der Waals surface area contributed by atoms with Crippen LogP contribution in [0.4, 0.5) is 0 Å². The lowest BCUT2D eigenvalue weighted by Gasteiger charge is -2.35. The first-order valence-corrected chi connectivity index (χ1v) is 10.4. The smallest absolute Gasteiger partial charge is 0.290 e. The Labute approximate surface area is 170 Å². The molecule has 1 saturated heterocycles. The second-order valence-corrected chi connectivity index (χ2v) is 8.48. The number of aromatic amines is 1. The standard InChI is InChI=1S/C18H21N5O2S.CH2O2/c24-15-7-12-9-22(8-11(12)6-14(15)23-4-1-3-19-23)10-16-20-13-2-5-26-17(13)18(25)21-16;2-1-3/h1-5,11-12,14-15,24H,6-10H2,(H,20,21,25);1H,(H,2,3)/t11-,12+,14-,15-;/m1./s1. The number of aromatic nitrogens is 4. The lowest BCUT2D eigenvalue weighted by molar-refractivity contribution is -0.122. The van der Waals surface area contributed by atoms with E-state index in [1.165, 1.54) is 11.3 Å². The number of H-pyrrole nitrogens is 1. The van der Waals surface area contributed by atoms with Crippen LogP contribution in [0.1, 0.15) is 24.7 Å². The number of fused-ring (bicyclic) bond motifs is 2. The van der Waals surface area contributed by atoms with Crippen LogP contribution in [0.25, 0.3) is 10.2 Å². The van der Waals surface area contributed by atoms with Crippen molar-refractivity contribution in [1.29, 1.82) is 0 Å². The summed E-state index contributed by atoms with van der Waals surface area (Å²) < 4.78 is 2.58. The average molecular weight is 417 g/mol. The number of rotatable bonds is 3. The van der Waals surface area contributed by atoms with Gasteiger partial charge in [0.2, 0.25) is 0 Å². The van der Waals surface area contributed by atoms with Gasteiger partial charge < -0.3 is 15.2 Å². The molecule has 10 heteroatoms. The Morgan fingerprint density at radius 1 is 1.31 bits per heavy atom. The molecule has 0 spiro atoms. The molecule has 2 aliphatic rings. The molecule has 0 aromatic carbocycles. The Kier molecular flexibility index (Phi) is 5.74. The summed E-state index contributed by atoms with van der Waals surface area (Å²) in [7, 11) is 0. The Morgan fingerprint density at radius 3 is 2.79 bits per heavy atom. The van der Waals surface area contributed by atoms with E-state index < -0.39 is 0 Å². The van der Waals surface area contributed by atoms with Gasteiger partial charge in [0.1, 0.15) is 10.5 Å². The van der Waals surface area contributed by atoms with Crippen LogP contribution in [0.5, 0.6) is 0 Å². The fourth-order valence-electron chi connectivity index (χ4n) is 4.60. The van der Waals surface area contributed by atoms with Crippen molar-refractivity contribution in [2.75, 3.05) is 13.1 Å². The van der Waals surface area contributed by atoms with Crippen LogP contribution >= 0.6 is 11.3 Å². The molecular weight excluding hydrogens is 394 g/mol. The number of nitrogens with one attached hydrogen (secondary N) is 1. The summed E-state index contributed by atoms with van der Waals surface area (Å²) in [4.78, 5) is 30.4. The Hall–Kier alpha value is -2.56. The zero-order valence-corrected chi connectivity index (χ0v) is 16.5. The van der Waals surface area contributed by atoms with Gasteiger partial charge in [-0.25, -0.2) is 4.98 Å². The quantitative estimate of drug-likeness (QED) is 0.549. The molecule has 4 heterocycles. The number of hydrogen-bond acceptors (Lipinski definition) is 7. The lowest BCUT2D eigenvalue weighted by atomic mass is 9.77. The predicted octanol–water partition coefficient (Wildman–Crippen LogP) is 1.33. The molecule has 0 amide bonds. The Balaban J connectivity index is 0.000000645. The second kappa shape index (κ2) is 8.44. The maximum absolute atomic E-state index is 12.2. The summed E-state index contributed by atoms with van der Waals surface area (Å²) in [5.41, 5.74) is 0.727. The molecule has 1 aliphatic carbocycles. The lowest BCUT2D eigenvalue weighted by Crippen LogP contribution is -2.36. The molecule has 9 nitrogen and oxygen atoms in total. The third-order valence-corrected chi connectivity index (χ3v) is 6.69. The summed E-state index contributed by atoms with van der Waals surface area (Å²) in [6, 6.07) is 3.86. The van der Waals surface area contributed by atoms with E-state index >= 15 is 0 Å². The van der Waals surface area contributed by atoms with Crippen LogP contribution in [0, 0.1) is 11.8 Å². The summed E-state index contributed by atoms with van der Waals surface area (Å²) in [5.74, 6) is 1.77. The first-order valence-electron chi connectivity index (χ1n) is 9.52. The predicted molar refractivity (Wildman–Crippen MR) is 108 cm³/mol. The minimum Gasteiger partial charge on any atom is -0.483 e. The zero-order valence-electron chi connectivity index (χ0n) is 15.7. The highest BCUT2D eigenvalue weighted by molar-refractivity contribution is 7.17. The van der Waals surface area contributed by atoms with Gasteiger partial charge in [-0.1, -0.05) is 0 Å². The minimum atomic E-state index is -0.351. The SMILES string of the molecule is O=CO.O=c1[nH]c(CN2C[C@H]3C[C@@H](n4cccn4)[C@H](O)C[C@H]3C2)nc2ccsc12. The van der Waals surface area contributed by atoms with Crippen LogP contribution in [-0.2, 0) is 11.3 Å². The monoisotopic (exact) mass is 417 g/mol. The van der Waals surface area contributed by atoms with Crippen molar-refractivity contribution in [2.24, 2.45) is 11.8 Å². The molecule has 0 bridgehead atoms. The van der Waals surface area contributed by atoms with Crippen LogP contribution in [-0.4, -0.2) is 60.5 Å². The molecule has 5 rings (SSSR count). The second-order valence-electron chi connectivity index (χ2n) is 7.56. The summed E-state index contributed by atoms with van der Waals surface area (Å²) in [5, 5.41) is 23.7. The Morgan fingerprint density at radius 2 is 2.07 bits per heavy atom. The zero-order chi connectivity index (χ0) is 20.4. The van der Waals surface area contributed by atoms with Crippen molar-refractivity contribution in [3.63, 3.8) is 0 Å². The van der Waals surface area contributed by atoms with E-state index in [9.17, 15) is 9.90 Å². The molecule has 0 radical (unpaired) electrons. The number of hydrogen-bond donors (Lipinski definition) is 3. The van der Waals surface area contributed by atoms with Gasteiger partial charge in [-0.2, -0.15) is 5.10 Å². The minimum absolute atomic E-state index is 0.0502. The molecule has 4 atom stereocenters. The maximum Gasteiger partial charge on any atom is 0.290 e. The van der Waals surface area contributed by atoms with Crippen molar-refractivity contribution in [1.82, 2.24) is 24.6 Å². The van der Waals surface area contributed by atoms with E-state index in [0.29, 0.717) is 23.1 Å². The molecule has 3 aromatic heterocycles. The molecule has 154 valence electrons. The first kappa shape index (κ1) is 19.7. The molecule has 1 saturated carbocycles. The summed E-state index contributed by atoms with van der Waals surface area (Å²) >= 11 is 1.42. The van der Waals surface area contributed by atoms with E-state index in [0.717, 1.165) is 37.3 Å². The topological polar surface area (TPSA) is 124 Å². The number of likely N-dealkylation sites (tertiary alicyclic amines) is 1. The molecule has 3 N–H and O–H groups in total. The first-order chi connectivity index (χ1) is 14.1. The largest absolute Gasteiger partial charge is 0.483 e. The molecular formula is C19H23N5O4S. The van der Waals surface area contributed by atoms with Crippen molar-refractivity contribution >= 4 is 28.0 Å². The number of thiophene rings is 1. The van der Waals surface area contributed by atoms with Crippen LogP contribution in [0.15, 0.2) is 34.7 Å². The van der Waals surface area contributed by atoms with Gasteiger partial charge in [-0.05, 0) is 42.2 Å². The van der Waals surface area contributed by atoms with E-state index in [4.69, 9.17) is 9.90 Å². The molecule has 0 unspecified atom stereocenters. The molecule has 29 heavy (non-hydrogen) atoms. The fraction of sp³-hybridized carbons (Fsp3) is 0.474. The normalized spacial score (nSPS) is 26.7. The number of aliphatic hydroxyl groups is 1. The van der Waals surface area contributed by atoms with Gasteiger partial charge in [0.25, 0.3) is 12.0 Å². The van der Waals surface area contributed by atoms with Gasteiger partial charge in [0.05, 0.1) is 24.2 Å². The maximum atomic E-state index is 12.2. The molecule has 1 aliphatic heterocycles. The molecule has 3 aromatic rings. The van der Waals surface area contributed by atoms with Crippen molar-refractivity contribution in [3.8, 4) is 0 Å². The van der Waals surface area contributed by atoms with Gasteiger partial charge in [0.15, 0.2) is 0 Å². The highest BCUT2D eigenvalue weighted by atomic mass is 32.1. The van der Waals surface area contributed by atoms with E-state index in [2.05, 4.69) is 20.0 Å². The molecule has 2 fully saturated rings. The number of carbonyl (C=O) groups is 1. The number of aliphatic hydroxyl groups excluding tert-OH is 1. The van der Waals surface area contributed by atoms with E-state index in [1.807, 2.05) is 28.4 Å². The number of carboxylic acid groups (broad SMARTS) is 1.